The fourth-order valence-electron chi connectivity index (χ4n) is 0.712. The summed E-state index contributed by atoms with van der Waals surface area (Å²) in [6.07, 6.45) is 0. The third kappa shape index (κ3) is 2.31. The van der Waals surface area contributed by atoms with Crippen LogP contribution in [0.2, 0.25) is 0 Å². The second kappa shape index (κ2) is 4.61. The lowest BCUT2D eigenvalue weighted by Gasteiger charge is -2.01. The fraction of sp³-hybridized carbons (Fsp3) is 0. The SMILES string of the molecule is Cl.N=C(N)c1cccc(F)c1I. The van der Waals surface area contributed by atoms with Gasteiger partial charge in [-0.05, 0) is 28.7 Å². The Hall–Kier alpha value is -0.360. The summed E-state index contributed by atoms with van der Waals surface area (Å²) in [6.45, 7) is 0. The summed E-state index contributed by atoms with van der Waals surface area (Å²) in [5.74, 6) is -0.438. The Kier molecular flexibility index (Phi) is 4.47. The fourth-order valence-corrected chi connectivity index (χ4v) is 1.36. The van der Waals surface area contributed by atoms with Gasteiger partial charge in [0.25, 0.3) is 0 Å². The molecule has 66 valence electrons. The quantitative estimate of drug-likeness (QED) is 0.466. The molecule has 0 fully saturated rings. The third-order valence-electron chi connectivity index (χ3n) is 1.24. The van der Waals surface area contributed by atoms with E-state index >= 15 is 0 Å². The van der Waals surface area contributed by atoms with Crippen LogP contribution in [0.25, 0.3) is 0 Å². The van der Waals surface area contributed by atoms with Crippen molar-refractivity contribution in [2.75, 3.05) is 0 Å². The zero-order chi connectivity index (χ0) is 8.43. The minimum Gasteiger partial charge on any atom is -0.384 e. The van der Waals surface area contributed by atoms with E-state index in [1.165, 1.54) is 12.1 Å². The summed E-state index contributed by atoms with van der Waals surface area (Å²) in [5, 5.41) is 7.08. The number of rotatable bonds is 1. The predicted molar refractivity (Wildman–Crippen MR) is 57.4 cm³/mol. The number of amidine groups is 1. The molecule has 0 saturated heterocycles. The second-order valence-corrected chi connectivity index (χ2v) is 3.09. The number of benzene rings is 1. The molecule has 0 spiro atoms. The largest absolute Gasteiger partial charge is 0.384 e. The Morgan fingerprint density at radius 2 is 2.08 bits per heavy atom. The maximum Gasteiger partial charge on any atom is 0.137 e. The van der Waals surface area contributed by atoms with E-state index in [0.717, 1.165) is 0 Å². The van der Waals surface area contributed by atoms with E-state index in [1.807, 2.05) is 22.6 Å². The molecule has 0 bridgehead atoms. The molecular formula is C7H7ClFIN2. The van der Waals surface area contributed by atoms with Crippen LogP contribution < -0.4 is 5.73 Å². The molecule has 1 aromatic carbocycles. The molecule has 0 aliphatic carbocycles. The van der Waals surface area contributed by atoms with Gasteiger partial charge in [0.15, 0.2) is 0 Å². The molecule has 0 radical (unpaired) electrons. The second-order valence-electron chi connectivity index (χ2n) is 2.02. The summed E-state index contributed by atoms with van der Waals surface area (Å²) in [6, 6.07) is 4.50. The van der Waals surface area contributed by atoms with Gasteiger partial charge >= 0.3 is 0 Å². The Bertz CT molecular complexity index is 303. The van der Waals surface area contributed by atoms with Crippen molar-refractivity contribution < 1.29 is 4.39 Å². The number of hydrogen-bond acceptors (Lipinski definition) is 1. The molecule has 0 unspecified atom stereocenters. The minimum atomic E-state index is -0.335. The van der Waals surface area contributed by atoms with Gasteiger partial charge in [-0.25, -0.2) is 4.39 Å². The molecule has 0 amide bonds. The van der Waals surface area contributed by atoms with Crippen molar-refractivity contribution in [3.05, 3.63) is 33.1 Å². The monoisotopic (exact) mass is 300 g/mol. The Labute approximate surface area is 89.4 Å². The molecule has 1 aromatic rings. The zero-order valence-electron chi connectivity index (χ0n) is 5.97. The highest BCUT2D eigenvalue weighted by Gasteiger charge is 2.05. The average Bonchev–Trinajstić information content (AvgIpc) is 1.94. The van der Waals surface area contributed by atoms with Crippen molar-refractivity contribution >= 4 is 40.8 Å². The highest BCUT2D eigenvalue weighted by molar-refractivity contribution is 14.1. The van der Waals surface area contributed by atoms with Crippen LogP contribution in [0.1, 0.15) is 5.56 Å². The normalized spacial score (nSPS) is 8.83. The highest BCUT2D eigenvalue weighted by atomic mass is 127. The van der Waals surface area contributed by atoms with Crippen molar-refractivity contribution in [3.8, 4) is 0 Å². The van der Waals surface area contributed by atoms with Crippen LogP contribution in [0.15, 0.2) is 18.2 Å². The molecule has 0 heterocycles. The number of halogens is 3. The molecule has 0 atom stereocenters. The average molecular weight is 301 g/mol. The standard InChI is InChI=1S/C7H6FIN2.ClH/c8-5-3-1-2-4(6(5)9)7(10)11;/h1-3H,(H3,10,11);1H. The molecule has 5 heteroatoms. The molecular weight excluding hydrogens is 293 g/mol. The topological polar surface area (TPSA) is 49.9 Å². The lowest BCUT2D eigenvalue weighted by atomic mass is 10.2. The lowest BCUT2D eigenvalue weighted by molar-refractivity contribution is 0.620. The molecule has 0 aliphatic heterocycles. The van der Waals surface area contributed by atoms with Gasteiger partial charge in [0.2, 0.25) is 0 Å². The summed E-state index contributed by atoms with van der Waals surface area (Å²) in [7, 11) is 0. The molecule has 1 rings (SSSR count). The van der Waals surface area contributed by atoms with Crippen molar-refractivity contribution in [1.29, 1.82) is 5.41 Å². The van der Waals surface area contributed by atoms with Gasteiger partial charge in [-0.2, -0.15) is 0 Å². The maximum atomic E-state index is 12.8. The van der Waals surface area contributed by atoms with E-state index in [1.54, 1.807) is 6.07 Å². The minimum absolute atomic E-state index is 0. The van der Waals surface area contributed by atoms with Crippen LogP contribution in [-0.4, -0.2) is 5.84 Å². The van der Waals surface area contributed by atoms with Crippen molar-refractivity contribution in [1.82, 2.24) is 0 Å². The van der Waals surface area contributed by atoms with Crippen LogP contribution in [-0.2, 0) is 0 Å². The number of hydrogen-bond donors (Lipinski definition) is 2. The van der Waals surface area contributed by atoms with Gasteiger partial charge in [0.1, 0.15) is 11.7 Å². The molecule has 2 nitrogen and oxygen atoms in total. The summed E-state index contributed by atoms with van der Waals surface area (Å²) in [5.41, 5.74) is 5.64. The Morgan fingerprint density at radius 3 is 2.50 bits per heavy atom. The first-order valence-electron chi connectivity index (χ1n) is 2.91. The zero-order valence-corrected chi connectivity index (χ0v) is 8.95. The van der Waals surface area contributed by atoms with Crippen LogP contribution >= 0.6 is 35.0 Å². The summed E-state index contributed by atoms with van der Waals surface area (Å²) in [4.78, 5) is 0. The Morgan fingerprint density at radius 1 is 1.50 bits per heavy atom. The van der Waals surface area contributed by atoms with Crippen LogP contribution in [0.4, 0.5) is 4.39 Å². The number of nitrogen functional groups attached to an aromatic ring is 1. The van der Waals surface area contributed by atoms with Gasteiger partial charge in [-0.3, -0.25) is 5.41 Å². The summed E-state index contributed by atoms with van der Waals surface area (Å²) >= 11 is 1.82. The van der Waals surface area contributed by atoms with Crippen molar-refractivity contribution in [3.63, 3.8) is 0 Å². The van der Waals surface area contributed by atoms with E-state index in [9.17, 15) is 4.39 Å². The predicted octanol–water partition coefficient (Wildman–Crippen LogP) is 2.14. The van der Waals surface area contributed by atoms with Crippen LogP contribution in [0.3, 0.4) is 0 Å². The van der Waals surface area contributed by atoms with Crippen LogP contribution in [0, 0.1) is 14.8 Å². The van der Waals surface area contributed by atoms with Gasteiger partial charge in [0, 0.05) is 5.56 Å². The number of nitrogens with one attached hydrogen (secondary N) is 1. The maximum absolute atomic E-state index is 12.8. The molecule has 3 N–H and O–H groups in total. The smallest absolute Gasteiger partial charge is 0.137 e. The van der Waals surface area contributed by atoms with Gasteiger partial charge in [-0.15, -0.1) is 12.4 Å². The van der Waals surface area contributed by atoms with E-state index < -0.39 is 0 Å². The van der Waals surface area contributed by atoms with Gasteiger partial charge < -0.3 is 5.73 Å². The lowest BCUT2D eigenvalue weighted by Crippen LogP contribution is -2.13. The molecule has 12 heavy (non-hydrogen) atoms. The first-order chi connectivity index (χ1) is 5.13. The summed E-state index contributed by atoms with van der Waals surface area (Å²) < 4.78 is 13.2. The van der Waals surface area contributed by atoms with E-state index in [2.05, 4.69) is 0 Å². The van der Waals surface area contributed by atoms with Crippen molar-refractivity contribution in [2.45, 2.75) is 0 Å². The first kappa shape index (κ1) is 11.6. The van der Waals surface area contributed by atoms with E-state index in [-0.39, 0.29) is 24.1 Å². The van der Waals surface area contributed by atoms with E-state index in [0.29, 0.717) is 9.13 Å². The Balaban J connectivity index is 0.00000121. The molecule has 0 aliphatic rings. The molecule has 0 saturated carbocycles. The first-order valence-corrected chi connectivity index (χ1v) is 3.99. The number of nitrogens with two attached hydrogens (primary N) is 1. The third-order valence-corrected chi connectivity index (χ3v) is 2.34. The van der Waals surface area contributed by atoms with Gasteiger partial charge in [-0.1, -0.05) is 12.1 Å². The van der Waals surface area contributed by atoms with Crippen molar-refractivity contribution in [2.24, 2.45) is 5.73 Å². The molecule has 0 aromatic heterocycles. The highest BCUT2D eigenvalue weighted by Crippen LogP contribution is 2.14. The van der Waals surface area contributed by atoms with E-state index in [4.69, 9.17) is 11.1 Å². The van der Waals surface area contributed by atoms with Gasteiger partial charge in [0.05, 0.1) is 3.57 Å². The van der Waals surface area contributed by atoms with Crippen LogP contribution in [0.5, 0.6) is 0 Å².